The van der Waals surface area contributed by atoms with Crippen molar-refractivity contribution in [3.8, 4) is 0 Å². The molecule has 1 heterocycles. The monoisotopic (exact) mass is 122 g/mol. The number of hydrogen-bond acceptors (Lipinski definition) is 2. The highest BCUT2D eigenvalue weighted by atomic mass is 32.7. The first kappa shape index (κ1) is 4.89. The summed E-state index contributed by atoms with van der Waals surface area (Å²) in [5.74, 6) is 0. The summed E-state index contributed by atoms with van der Waals surface area (Å²) in [6.45, 7) is 0. The Kier molecular flexibility index (Phi) is 1.75. The summed E-state index contributed by atoms with van der Waals surface area (Å²) in [7, 11) is 0.0766. The normalized spacial score (nSPS) is 23.5. The third-order valence-corrected chi connectivity index (χ3v) is 4.58. The zero-order valence-electron chi connectivity index (χ0n) is 3.42. The van der Waals surface area contributed by atoms with Gasteiger partial charge < -0.3 is 4.55 Å². The van der Waals surface area contributed by atoms with E-state index in [-0.39, 0.29) is 7.12 Å². The molecule has 0 aliphatic carbocycles. The fraction of sp³-hybridized carbons (Fsp3) is 1.00. The molecule has 1 aliphatic rings. The summed E-state index contributed by atoms with van der Waals surface area (Å²) in [5.41, 5.74) is 0. The van der Waals surface area contributed by atoms with E-state index >= 15 is 0 Å². The molecule has 1 nitrogen and oxygen atoms in total. The van der Waals surface area contributed by atoms with Gasteiger partial charge in [-0.25, -0.2) is 0 Å². The van der Waals surface area contributed by atoms with E-state index in [1.807, 2.05) is 0 Å². The summed E-state index contributed by atoms with van der Waals surface area (Å²) >= 11 is 1.08. The summed E-state index contributed by atoms with van der Waals surface area (Å²) in [6, 6.07) is 0. The standard InChI is InChI=1S/C3H7OPS/c4-6-5-2-1-3-5/h4H,1-3H2. The lowest BCUT2D eigenvalue weighted by Crippen LogP contribution is -1.99. The molecule has 1 saturated heterocycles. The molecule has 1 N–H and O–H groups in total. The lowest BCUT2D eigenvalue weighted by atomic mass is 10.5. The molecule has 1 rings (SSSR count). The van der Waals surface area contributed by atoms with Crippen LogP contribution in [0.5, 0.6) is 0 Å². The van der Waals surface area contributed by atoms with E-state index in [0.717, 1.165) is 11.7 Å². The van der Waals surface area contributed by atoms with Gasteiger partial charge in [0.1, 0.15) is 0 Å². The van der Waals surface area contributed by atoms with E-state index < -0.39 is 0 Å². The van der Waals surface area contributed by atoms with Crippen molar-refractivity contribution in [1.82, 2.24) is 0 Å². The van der Waals surface area contributed by atoms with Crippen molar-refractivity contribution < 1.29 is 4.55 Å². The molecule has 36 valence electrons. The molecular formula is C3H7OPS. The minimum atomic E-state index is 0.0766. The summed E-state index contributed by atoms with van der Waals surface area (Å²) in [4.78, 5) is 0. The molecule has 0 unspecified atom stereocenters. The van der Waals surface area contributed by atoms with Gasteiger partial charge in [-0.3, -0.25) is 0 Å². The molecule has 0 aromatic carbocycles. The summed E-state index contributed by atoms with van der Waals surface area (Å²) in [5, 5.41) is 0. The maximum atomic E-state index is 8.33. The molecule has 0 atom stereocenters. The molecule has 6 heavy (non-hydrogen) atoms. The molecule has 0 saturated carbocycles. The predicted octanol–water partition coefficient (Wildman–Crippen LogP) is 1.99. The Bertz CT molecular complexity index is 43.3. The third kappa shape index (κ3) is 0.868. The Balaban J connectivity index is 2.01. The fourth-order valence-corrected chi connectivity index (χ4v) is 2.37. The summed E-state index contributed by atoms with van der Waals surface area (Å²) in [6.07, 6.45) is 3.92. The van der Waals surface area contributed by atoms with Crippen LogP contribution in [0.3, 0.4) is 0 Å². The first-order chi connectivity index (χ1) is 2.93. The van der Waals surface area contributed by atoms with Crippen molar-refractivity contribution >= 4 is 18.8 Å². The molecule has 0 aromatic rings. The Hall–Kier alpha value is 0.740. The van der Waals surface area contributed by atoms with Gasteiger partial charge in [-0.15, -0.1) is 0 Å². The minimum Gasteiger partial charge on any atom is -0.326 e. The Morgan fingerprint density at radius 2 is 2.17 bits per heavy atom. The Morgan fingerprint density at radius 1 is 1.50 bits per heavy atom. The number of hydrogen-bond donors (Lipinski definition) is 1. The largest absolute Gasteiger partial charge is 0.326 e. The molecule has 1 aliphatic heterocycles. The van der Waals surface area contributed by atoms with Gasteiger partial charge >= 0.3 is 0 Å². The van der Waals surface area contributed by atoms with Crippen LogP contribution in [-0.2, 0) is 0 Å². The maximum absolute atomic E-state index is 8.33. The van der Waals surface area contributed by atoms with Gasteiger partial charge in [0.15, 0.2) is 0 Å². The second-order valence-electron chi connectivity index (χ2n) is 1.36. The van der Waals surface area contributed by atoms with E-state index in [4.69, 9.17) is 4.55 Å². The second kappa shape index (κ2) is 2.15. The van der Waals surface area contributed by atoms with Crippen molar-refractivity contribution in [1.29, 1.82) is 0 Å². The van der Waals surface area contributed by atoms with Crippen LogP contribution in [0, 0.1) is 0 Å². The van der Waals surface area contributed by atoms with Gasteiger partial charge in [0.2, 0.25) is 0 Å². The molecule has 0 bridgehead atoms. The van der Waals surface area contributed by atoms with E-state index in [2.05, 4.69) is 0 Å². The van der Waals surface area contributed by atoms with Gasteiger partial charge in [-0.2, -0.15) is 0 Å². The van der Waals surface area contributed by atoms with Crippen molar-refractivity contribution in [2.24, 2.45) is 0 Å². The van der Waals surface area contributed by atoms with Crippen molar-refractivity contribution in [2.45, 2.75) is 6.42 Å². The van der Waals surface area contributed by atoms with Crippen LogP contribution in [0.2, 0.25) is 0 Å². The average Bonchev–Trinajstić information content (AvgIpc) is 1.31. The van der Waals surface area contributed by atoms with Crippen LogP contribution in [0.1, 0.15) is 6.42 Å². The minimum absolute atomic E-state index is 0.0766. The summed E-state index contributed by atoms with van der Waals surface area (Å²) < 4.78 is 8.33. The quantitative estimate of drug-likeness (QED) is 0.424. The van der Waals surface area contributed by atoms with Crippen LogP contribution in [0.4, 0.5) is 0 Å². The van der Waals surface area contributed by atoms with Crippen LogP contribution in [0.15, 0.2) is 0 Å². The van der Waals surface area contributed by atoms with Crippen molar-refractivity contribution in [3.05, 3.63) is 0 Å². The predicted molar refractivity (Wildman–Crippen MR) is 31.5 cm³/mol. The topological polar surface area (TPSA) is 20.2 Å². The van der Waals surface area contributed by atoms with Crippen LogP contribution < -0.4 is 0 Å². The van der Waals surface area contributed by atoms with Crippen LogP contribution in [0.25, 0.3) is 0 Å². The highest BCUT2D eigenvalue weighted by Crippen LogP contribution is 2.55. The second-order valence-corrected chi connectivity index (χ2v) is 5.42. The van der Waals surface area contributed by atoms with Gasteiger partial charge in [0, 0.05) is 11.7 Å². The molecule has 3 heteroatoms. The van der Waals surface area contributed by atoms with Crippen LogP contribution >= 0.6 is 18.8 Å². The zero-order chi connectivity index (χ0) is 4.41. The molecule has 0 aromatic heterocycles. The van der Waals surface area contributed by atoms with E-state index in [9.17, 15) is 0 Å². The lowest BCUT2D eigenvalue weighted by molar-refractivity contribution is 0.674. The molecule has 1 fully saturated rings. The van der Waals surface area contributed by atoms with Gasteiger partial charge in [-0.05, 0) is 25.9 Å². The fourth-order valence-electron chi connectivity index (χ4n) is 0.369. The first-order valence-electron chi connectivity index (χ1n) is 2.00. The lowest BCUT2D eigenvalue weighted by Gasteiger charge is -2.20. The van der Waals surface area contributed by atoms with E-state index in [1.54, 1.807) is 0 Å². The van der Waals surface area contributed by atoms with Gasteiger partial charge in [0.05, 0.1) is 0 Å². The third-order valence-electron chi connectivity index (χ3n) is 0.930. The number of rotatable bonds is 1. The van der Waals surface area contributed by atoms with Gasteiger partial charge in [0.25, 0.3) is 0 Å². The SMILES string of the molecule is OSP1CCC1. The first-order valence-corrected chi connectivity index (χ1v) is 5.09. The maximum Gasteiger partial charge on any atom is 0.0137 e. The highest BCUT2D eigenvalue weighted by Gasteiger charge is 2.15. The van der Waals surface area contributed by atoms with E-state index in [1.165, 1.54) is 18.7 Å². The van der Waals surface area contributed by atoms with E-state index in [0.29, 0.717) is 0 Å². The van der Waals surface area contributed by atoms with Gasteiger partial charge in [-0.1, -0.05) is 0 Å². The van der Waals surface area contributed by atoms with Crippen molar-refractivity contribution in [2.75, 3.05) is 12.3 Å². The highest BCUT2D eigenvalue weighted by molar-refractivity contribution is 8.53. The molecule has 0 spiro atoms. The zero-order valence-corrected chi connectivity index (χ0v) is 5.13. The average molecular weight is 122 g/mol. The van der Waals surface area contributed by atoms with Crippen LogP contribution in [-0.4, -0.2) is 16.9 Å². The smallest absolute Gasteiger partial charge is 0.0137 e. The molecule has 0 radical (unpaired) electrons. The van der Waals surface area contributed by atoms with Crippen molar-refractivity contribution in [3.63, 3.8) is 0 Å². The Morgan fingerprint density at radius 3 is 2.17 bits per heavy atom. The molecule has 0 amide bonds. The Labute approximate surface area is 42.8 Å². The molecular weight excluding hydrogens is 115 g/mol.